The minimum atomic E-state index is 0.0303. The van der Waals surface area contributed by atoms with Gasteiger partial charge in [-0.1, -0.05) is 0 Å². The van der Waals surface area contributed by atoms with E-state index in [0.717, 1.165) is 18.8 Å². The van der Waals surface area contributed by atoms with E-state index in [4.69, 9.17) is 5.73 Å². The van der Waals surface area contributed by atoms with Crippen LogP contribution in [0.2, 0.25) is 0 Å². The standard InChI is InChI=1S/C13H18N2O/c1-10(16)12-6-5-11(9-13(12)14)15-7-3-2-4-8-15/h5-6,9H,2-4,7-8,14H2,1H3. The van der Waals surface area contributed by atoms with Gasteiger partial charge in [0.1, 0.15) is 0 Å². The van der Waals surface area contributed by atoms with Gasteiger partial charge in [0.25, 0.3) is 0 Å². The Morgan fingerprint density at radius 3 is 2.50 bits per heavy atom. The topological polar surface area (TPSA) is 46.3 Å². The summed E-state index contributed by atoms with van der Waals surface area (Å²) in [6.45, 7) is 3.74. The monoisotopic (exact) mass is 218 g/mol. The molecule has 0 spiro atoms. The van der Waals surface area contributed by atoms with Crippen molar-refractivity contribution in [2.45, 2.75) is 26.2 Å². The molecule has 3 heteroatoms. The van der Waals surface area contributed by atoms with Crippen LogP contribution in [0.4, 0.5) is 11.4 Å². The van der Waals surface area contributed by atoms with Gasteiger partial charge in [-0.2, -0.15) is 0 Å². The van der Waals surface area contributed by atoms with Crippen molar-refractivity contribution in [3.05, 3.63) is 23.8 Å². The van der Waals surface area contributed by atoms with Gasteiger partial charge < -0.3 is 10.6 Å². The van der Waals surface area contributed by atoms with Gasteiger partial charge in [0.05, 0.1) is 0 Å². The highest BCUT2D eigenvalue weighted by atomic mass is 16.1. The number of nitrogen functional groups attached to an aromatic ring is 1. The van der Waals surface area contributed by atoms with E-state index in [-0.39, 0.29) is 5.78 Å². The van der Waals surface area contributed by atoms with Crippen LogP contribution in [0.5, 0.6) is 0 Å². The van der Waals surface area contributed by atoms with Gasteiger partial charge in [-0.25, -0.2) is 0 Å². The lowest BCUT2D eigenvalue weighted by atomic mass is 10.1. The molecule has 0 bridgehead atoms. The fourth-order valence-electron chi connectivity index (χ4n) is 2.22. The molecule has 0 atom stereocenters. The Balaban J connectivity index is 2.23. The highest BCUT2D eigenvalue weighted by Crippen LogP contribution is 2.24. The fraction of sp³-hybridized carbons (Fsp3) is 0.462. The van der Waals surface area contributed by atoms with E-state index in [1.165, 1.54) is 19.3 Å². The molecule has 86 valence electrons. The molecule has 2 rings (SSSR count). The summed E-state index contributed by atoms with van der Waals surface area (Å²) < 4.78 is 0. The van der Waals surface area contributed by atoms with Crippen LogP contribution in [0.15, 0.2) is 18.2 Å². The Hall–Kier alpha value is -1.51. The number of anilines is 2. The molecular weight excluding hydrogens is 200 g/mol. The maximum Gasteiger partial charge on any atom is 0.161 e. The summed E-state index contributed by atoms with van der Waals surface area (Å²) in [5.41, 5.74) is 8.24. The van der Waals surface area contributed by atoms with Crippen molar-refractivity contribution in [3.8, 4) is 0 Å². The molecule has 0 amide bonds. The lowest BCUT2D eigenvalue weighted by Gasteiger charge is -2.29. The van der Waals surface area contributed by atoms with E-state index in [2.05, 4.69) is 4.90 Å². The smallest absolute Gasteiger partial charge is 0.161 e. The van der Waals surface area contributed by atoms with Crippen LogP contribution >= 0.6 is 0 Å². The summed E-state index contributed by atoms with van der Waals surface area (Å²) in [6, 6.07) is 5.75. The van der Waals surface area contributed by atoms with Crippen LogP contribution in [0.3, 0.4) is 0 Å². The number of rotatable bonds is 2. The third-order valence-corrected chi connectivity index (χ3v) is 3.14. The molecule has 2 N–H and O–H groups in total. The van der Waals surface area contributed by atoms with Crippen molar-refractivity contribution >= 4 is 17.2 Å². The summed E-state index contributed by atoms with van der Waals surface area (Å²) in [5.74, 6) is 0.0303. The molecule has 1 saturated heterocycles. The first-order valence-corrected chi connectivity index (χ1v) is 5.84. The quantitative estimate of drug-likeness (QED) is 0.612. The summed E-state index contributed by atoms with van der Waals surface area (Å²) in [5, 5.41) is 0. The third kappa shape index (κ3) is 2.18. The molecule has 1 aliphatic heterocycles. The molecule has 0 saturated carbocycles. The Morgan fingerprint density at radius 1 is 1.25 bits per heavy atom. The normalized spacial score (nSPS) is 16.2. The number of benzene rings is 1. The summed E-state index contributed by atoms with van der Waals surface area (Å²) >= 11 is 0. The van der Waals surface area contributed by atoms with Crippen LogP contribution in [0, 0.1) is 0 Å². The van der Waals surface area contributed by atoms with Crippen LogP contribution in [0.1, 0.15) is 36.5 Å². The number of nitrogens with two attached hydrogens (primary N) is 1. The minimum Gasteiger partial charge on any atom is -0.398 e. The Labute approximate surface area is 96.2 Å². The van der Waals surface area contributed by atoms with Crippen molar-refractivity contribution in [2.75, 3.05) is 23.7 Å². The van der Waals surface area contributed by atoms with Crippen molar-refractivity contribution in [1.29, 1.82) is 0 Å². The van der Waals surface area contributed by atoms with Gasteiger partial charge in [-0.3, -0.25) is 4.79 Å². The maximum atomic E-state index is 11.3. The number of Topliss-reactive ketones (excluding diaryl/α,β-unsaturated/α-hetero) is 1. The van der Waals surface area contributed by atoms with Gasteiger partial charge in [-0.15, -0.1) is 0 Å². The molecule has 0 aromatic heterocycles. The highest BCUT2D eigenvalue weighted by molar-refractivity contribution is 5.99. The SMILES string of the molecule is CC(=O)c1ccc(N2CCCCC2)cc1N. The van der Waals surface area contributed by atoms with Gasteiger partial charge in [0.15, 0.2) is 5.78 Å². The number of nitrogens with zero attached hydrogens (tertiary/aromatic N) is 1. The first-order chi connectivity index (χ1) is 7.68. The predicted molar refractivity (Wildman–Crippen MR) is 66.9 cm³/mol. The molecule has 0 unspecified atom stereocenters. The van der Waals surface area contributed by atoms with E-state index in [0.29, 0.717) is 11.3 Å². The van der Waals surface area contributed by atoms with E-state index in [1.54, 1.807) is 6.92 Å². The average Bonchev–Trinajstić information content (AvgIpc) is 2.29. The zero-order valence-electron chi connectivity index (χ0n) is 9.70. The van der Waals surface area contributed by atoms with Crippen molar-refractivity contribution in [1.82, 2.24) is 0 Å². The summed E-state index contributed by atoms with van der Waals surface area (Å²) in [4.78, 5) is 13.6. The van der Waals surface area contributed by atoms with Gasteiger partial charge in [-0.05, 0) is 44.4 Å². The molecule has 1 fully saturated rings. The lowest BCUT2D eigenvalue weighted by Crippen LogP contribution is -2.29. The summed E-state index contributed by atoms with van der Waals surface area (Å²) in [7, 11) is 0. The van der Waals surface area contributed by atoms with Gasteiger partial charge >= 0.3 is 0 Å². The van der Waals surface area contributed by atoms with Crippen LogP contribution in [-0.2, 0) is 0 Å². The Morgan fingerprint density at radius 2 is 1.94 bits per heavy atom. The molecule has 16 heavy (non-hydrogen) atoms. The molecule has 3 nitrogen and oxygen atoms in total. The second-order valence-corrected chi connectivity index (χ2v) is 4.38. The predicted octanol–water partition coefficient (Wildman–Crippen LogP) is 2.46. The lowest BCUT2D eigenvalue weighted by molar-refractivity contribution is 0.101. The van der Waals surface area contributed by atoms with Crippen LogP contribution < -0.4 is 10.6 Å². The third-order valence-electron chi connectivity index (χ3n) is 3.14. The number of piperidine rings is 1. The molecule has 1 aromatic rings. The van der Waals surface area contributed by atoms with Gasteiger partial charge in [0, 0.05) is 30.0 Å². The van der Waals surface area contributed by atoms with E-state index in [9.17, 15) is 4.79 Å². The minimum absolute atomic E-state index is 0.0303. The molecular formula is C13H18N2O. The molecule has 0 radical (unpaired) electrons. The maximum absolute atomic E-state index is 11.3. The van der Waals surface area contributed by atoms with Crippen molar-refractivity contribution < 1.29 is 4.79 Å². The fourth-order valence-corrected chi connectivity index (χ4v) is 2.22. The number of carbonyl (C=O) groups is 1. The Kier molecular flexibility index (Phi) is 3.13. The number of ketones is 1. The Bertz CT molecular complexity index is 395. The largest absolute Gasteiger partial charge is 0.398 e. The molecule has 0 aliphatic carbocycles. The zero-order valence-corrected chi connectivity index (χ0v) is 9.70. The second kappa shape index (κ2) is 4.56. The van der Waals surface area contributed by atoms with Gasteiger partial charge in [0.2, 0.25) is 0 Å². The highest BCUT2D eigenvalue weighted by Gasteiger charge is 2.12. The number of hydrogen-bond acceptors (Lipinski definition) is 3. The first kappa shape index (κ1) is 11.0. The number of carbonyl (C=O) groups excluding carboxylic acids is 1. The first-order valence-electron chi connectivity index (χ1n) is 5.84. The van der Waals surface area contributed by atoms with E-state index < -0.39 is 0 Å². The summed E-state index contributed by atoms with van der Waals surface area (Å²) in [6.07, 6.45) is 3.81. The van der Waals surface area contributed by atoms with E-state index >= 15 is 0 Å². The molecule has 1 aromatic carbocycles. The van der Waals surface area contributed by atoms with Crippen LogP contribution in [-0.4, -0.2) is 18.9 Å². The zero-order chi connectivity index (χ0) is 11.5. The average molecular weight is 218 g/mol. The second-order valence-electron chi connectivity index (χ2n) is 4.38. The van der Waals surface area contributed by atoms with Crippen LogP contribution in [0.25, 0.3) is 0 Å². The molecule has 1 heterocycles. The van der Waals surface area contributed by atoms with Crippen molar-refractivity contribution in [3.63, 3.8) is 0 Å². The van der Waals surface area contributed by atoms with E-state index in [1.807, 2.05) is 18.2 Å². The number of hydrogen-bond donors (Lipinski definition) is 1. The van der Waals surface area contributed by atoms with Crippen molar-refractivity contribution in [2.24, 2.45) is 0 Å². The molecule has 1 aliphatic rings.